The van der Waals surface area contributed by atoms with Gasteiger partial charge in [-0.3, -0.25) is 24.2 Å². The number of benzene rings is 1. The van der Waals surface area contributed by atoms with Crippen LogP contribution in [0.1, 0.15) is 37.8 Å². The summed E-state index contributed by atoms with van der Waals surface area (Å²) in [5.74, 6) is -1.48. The predicted octanol–water partition coefficient (Wildman–Crippen LogP) is 1.29. The number of carbonyl (C=O) groups excluding carboxylic acids is 4. The lowest BCUT2D eigenvalue weighted by atomic mass is 9.93. The summed E-state index contributed by atoms with van der Waals surface area (Å²) < 4.78 is 5.07. The lowest BCUT2D eigenvalue weighted by molar-refractivity contribution is -0.154. The number of imide groups is 1. The molecule has 1 aromatic carbocycles. The van der Waals surface area contributed by atoms with Crippen molar-refractivity contribution in [2.75, 3.05) is 39.3 Å². The maximum Gasteiger partial charge on any atom is 0.326 e. The van der Waals surface area contributed by atoms with Gasteiger partial charge in [-0.25, -0.2) is 4.79 Å². The molecule has 9 heteroatoms. The van der Waals surface area contributed by atoms with Gasteiger partial charge in [0.2, 0.25) is 0 Å². The molecule has 1 aromatic rings. The Balaban J connectivity index is 1.42. The van der Waals surface area contributed by atoms with E-state index in [4.69, 9.17) is 4.74 Å². The third kappa shape index (κ3) is 5.27. The molecule has 32 heavy (non-hydrogen) atoms. The molecule has 0 atom stereocenters. The van der Waals surface area contributed by atoms with Crippen molar-refractivity contribution in [2.24, 2.45) is 0 Å². The summed E-state index contributed by atoms with van der Waals surface area (Å²) >= 11 is 0. The smallest absolute Gasteiger partial charge is 0.326 e. The average molecular weight is 445 g/mol. The van der Waals surface area contributed by atoms with Gasteiger partial charge in [0.1, 0.15) is 12.1 Å². The summed E-state index contributed by atoms with van der Waals surface area (Å²) in [5, 5.41) is 2.66. The van der Waals surface area contributed by atoms with Gasteiger partial charge in [-0.15, -0.1) is 0 Å². The topological polar surface area (TPSA) is 99.3 Å². The van der Waals surface area contributed by atoms with Gasteiger partial charge < -0.3 is 15.0 Å². The standard InChI is InChI=1S/C23H32N4O5/c1-4-23(5-2)21(30)27(22(31)24-23)15-20(29)32-16-19(28)26-11-9-25(10-12-26)14-18-8-6-7-17(3)13-18/h6-8,13H,4-5,9-12,14-16H2,1-3H3,(H,24,31). The maximum atomic E-state index is 12.6. The van der Waals surface area contributed by atoms with E-state index in [2.05, 4.69) is 35.3 Å². The number of esters is 1. The van der Waals surface area contributed by atoms with E-state index in [1.807, 2.05) is 19.9 Å². The number of aryl methyl sites for hydroxylation is 1. The Bertz CT molecular complexity index is 875. The van der Waals surface area contributed by atoms with Crippen molar-refractivity contribution in [3.05, 3.63) is 35.4 Å². The SMILES string of the molecule is CCC1(CC)NC(=O)N(CC(=O)OCC(=O)N2CCN(Cc3cccc(C)c3)CC2)C1=O. The van der Waals surface area contributed by atoms with Crippen LogP contribution in [0.4, 0.5) is 4.79 Å². The number of ether oxygens (including phenoxy) is 1. The number of urea groups is 1. The van der Waals surface area contributed by atoms with Crippen molar-refractivity contribution < 1.29 is 23.9 Å². The number of hydrogen-bond donors (Lipinski definition) is 1. The molecule has 0 radical (unpaired) electrons. The molecule has 2 saturated heterocycles. The fraction of sp³-hybridized carbons (Fsp3) is 0.565. The Kier molecular flexibility index (Phi) is 7.50. The quantitative estimate of drug-likeness (QED) is 0.479. The van der Waals surface area contributed by atoms with Gasteiger partial charge in [-0.2, -0.15) is 0 Å². The molecule has 2 fully saturated rings. The minimum absolute atomic E-state index is 0.276. The van der Waals surface area contributed by atoms with Crippen LogP contribution in [-0.2, 0) is 25.7 Å². The molecule has 3 rings (SSSR count). The van der Waals surface area contributed by atoms with Crippen LogP contribution in [0.3, 0.4) is 0 Å². The van der Waals surface area contributed by atoms with E-state index in [9.17, 15) is 19.2 Å². The number of piperazine rings is 1. The number of carbonyl (C=O) groups is 4. The molecule has 0 spiro atoms. The molecular formula is C23H32N4O5. The van der Waals surface area contributed by atoms with Gasteiger partial charge in [0.05, 0.1) is 0 Å². The van der Waals surface area contributed by atoms with Gasteiger partial charge in [0, 0.05) is 32.7 Å². The van der Waals surface area contributed by atoms with Crippen LogP contribution >= 0.6 is 0 Å². The number of nitrogens with zero attached hydrogens (tertiary/aromatic N) is 3. The first kappa shape index (κ1) is 23.7. The summed E-state index contributed by atoms with van der Waals surface area (Å²) in [7, 11) is 0. The largest absolute Gasteiger partial charge is 0.454 e. The zero-order valence-corrected chi connectivity index (χ0v) is 19.1. The van der Waals surface area contributed by atoms with Gasteiger partial charge in [-0.1, -0.05) is 43.7 Å². The van der Waals surface area contributed by atoms with Crippen molar-refractivity contribution >= 4 is 23.8 Å². The third-order valence-electron chi connectivity index (χ3n) is 6.31. The average Bonchev–Trinajstić information content (AvgIpc) is 3.02. The van der Waals surface area contributed by atoms with Crippen molar-refractivity contribution in [2.45, 2.75) is 45.7 Å². The van der Waals surface area contributed by atoms with Crippen LogP contribution in [0.15, 0.2) is 24.3 Å². The van der Waals surface area contributed by atoms with Crippen LogP contribution in [0.2, 0.25) is 0 Å². The van der Waals surface area contributed by atoms with E-state index >= 15 is 0 Å². The van der Waals surface area contributed by atoms with E-state index in [1.165, 1.54) is 11.1 Å². The highest BCUT2D eigenvalue weighted by Gasteiger charge is 2.49. The van der Waals surface area contributed by atoms with Crippen LogP contribution < -0.4 is 5.32 Å². The zero-order chi connectivity index (χ0) is 23.3. The molecular weight excluding hydrogens is 412 g/mol. The van der Waals surface area contributed by atoms with E-state index < -0.39 is 36.6 Å². The molecule has 0 bridgehead atoms. The summed E-state index contributed by atoms with van der Waals surface area (Å²) in [5.41, 5.74) is 1.50. The molecule has 2 heterocycles. The highest BCUT2D eigenvalue weighted by Crippen LogP contribution is 2.24. The summed E-state index contributed by atoms with van der Waals surface area (Å²) in [4.78, 5) is 54.1. The molecule has 4 amide bonds. The van der Waals surface area contributed by atoms with E-state index in [-0.39, 0.29) is 5.91 Å². The van der Waals surface area contributed by atoms with Gasteiger partial charge in [0.15, 0.2) is 6.61 Å². The van der Waals surface area contributed by atoms with Gasteiger partial charge >= 0.3 is 12.0 Å². The van der Waals surface area contributed by atoms with Crippen molar-refractivity contribution in [3.8, 4) is 0 Å². The second-order valence-corrected chi connectivity index (χ2v) is 8.42. The molecule has 1 N–H and O–H groups in total. The number of hydrogen-bond acceptors (Lipinski definition) is 6. The van der Waals surface area contributed by atoms with Crippen LogP contribution in [-0.4, -0.2) is 83.4 Å². The molecule has 9 nitrogen and oxygen atoms in total. The Hall–Kier alpha value is -2.94. The monoisotopic (exact) mass is 444 g/mol. The lowest BCUT2D eigenvalue weighted by Gasteiger charge is -2.34. The van der Waals surface area contributed by atoms with E-state index in [0.29, 0.717) is 25.9 Å². The molecule has 2 aliphatic rings. The first-order valence-corrected chi connectivity index (χ1v) is 11.1. The normalized spacial score (nSPS) is 18.6. The van der Waals surface area contributed by atoms with Gasteiger partial charge in [-0.05, 0) is 25.3 Å². The summed E-state index contributed by atoms with van der Waals surface area (Å²) in [6.07, 6.45) is 0.877. The minimum atomic E-state index is -0.967. The fourth-order valence-electron chi connectivity index (χ4n) is 4.18. The highest BCUT2D eigenvalue weighted by atomic mass is 16.5. The Morgan fingerprint density at radius 3 is 2.38 bits per heavy atom. The Morgan fingerprint density at radius 1 is 1.09 bits per heavy atom. The Labute approximate surface area is 188 Å². The van der Waals surface area contributed by atoms with Crippen LogP contribution in [0, 0.1) is 6.92 Å². The maximum absolute atomic E-state index is 12.6. The first-order valence-electron chi connectivity index (χ1n) is 11.1. The summed E-state index contributed by atoms with van der Waals surface area (Å²) in [6, 6.07) is 7.76. The molecule has 0 aromatic heterocycles. The van der Waals surface area contributed by atoms with Crippen molar-refractivity contribution in [1.82, 2.24) is 20.0 Å². The fourth-order valence-corrected chi connectivity index (χ4v) is 4.18. The zero-order valence-electron chi connectivity index (χ0n) is 19.1. The number of rotatable bonds is 8. The van der Waals surface area contributed by atoms with E-state index in [1.54, 1.807) is 4.90 Å². The second kappa shape index (κ2) is 10.1. The van der Waals surface area contributed by atoms with E-state index in [0.717, 1.165) is 24.5 Å². The molecule has 0 saturated carbocycles. The van der Waals surface area contributed by atoms with Gasteiger partial charge in [0.25, 0.3) is 11.8 Å². The second-order valence-electron chi connectivity index (χ2n) is 8.42. The predicted molar refractivity (Wildman–Crippen MR) is 118 cm³/mol. The lowest BCUT2D eigenvalue weighted by Crippen LogP contribution is -2.49. The molecule has 174 valence electrons. The Morgan fingerprint density at radius 2 is 1.78 bits per heavy atom. The number of amides is 4. The molecule has 0 aliphatic carbocycles. The molecule has 2 aliphatic heterocycles. The first-order chi connectivity index (χ1) is 15.3. The third-order valence-corrected chi connectivity index (χ3v) is 6.31. The summed E-state index contributed by atoms with van der Waals surface area (Å²) in [6.45, 7) is 8.23. The van der Waals surface area contributed by atoms with Crippen molar-refractivity contribution in [1.29, 1.82) is 0 Å². The number of nitrogens with one attached hydrogen (secondary N) is 1. The molecule has 0 unspecified atom stereocenters. The van der Waals surface area contributed by atoms with Crippen LogP contribution in [0.5, 0.6) is 0 Å². The minimum Gasteiger partial charge on any atom is -0.454 e. The van der Waals surface area contributed by atoms with Crippen LogP contribution in [0.25, 0.3) is 0 Å². The van der Waals surface area contributed by atoms with Crippen molar-refractivity contribution in [3.63, 3.8) is 0 Å². The highest BCUT2D eigenvalue weighted by molar-refractivity contribution is 6.08.